The summed E-state index contributed by atoms with van der Waals surface area (Å²) in [5.41, 5.74) is 5.02. The fourth-order valence-electron chi connectivity index (χ4n) is 3.36. The molecular weight excluding hydrogens is 438 g/mol. The molecule has 0 aliphatic rings. The molecule has 0 fully saturated rings. The molecule has 2 aromatic heterocycles. The number of rotatable bonds is 8. The smallest absolute Gasteiger partial charge is 0.235 e. The van der Waals surface area contributed by atoms with Gasteiger partial charge in [0.25, 0.3) is 0 Å². The largest absolute Gasteiger partial charge is 0.497 e. The van der Waals surface area contributed by atoms with Gasteiger partial charge in [0, 0.05) is 6.07 Å². The summed E-state index contributed by atoms with van der Waals surface area (Å²) in [5.74, 6) is 1.44. The molecule has 2 aromatic carbocycles. The van der Waals surface area contributed by atoms with E-state index in [2.05, 4.69) is 25.9 Å². The van der Waals surface area contributed by atoms with E-state index in [1.165, 1.54) is 11.8 Å². The van der Waals surface area contributed by atoms with Crippen molar-refractivity contribution in [3.8, 4) is 11.4 Å². The van der Waals surface area contributed by atoms with E-state index < -0.39 is 0 Å². The van der Waals surface area contributed by atoms with Crippen molar-refractivity contribution in [2.75, 3.05) is 18.2 Å². The van der Waals surface area contributed by atoms with Crippen LogP contribution in [-0.4, -0.2) is 48.8 Å². The van der Waals surface area contributed by atoms with Crippen molar-refractivity contribution in [3.05, 3.63) is 70.9 Å². The number of tetrazole rings is 1. The molecule has 170 valence electrons. The van der Waals surface area contributed by atoms with Crippen molar-refractivity contribution >= 4 is 23.5 Å². The van der Waals surface area contributed by atoms with Gasteiger partial charge in [-0.3, -0.25) is 4.79 Å². The van der Waals surface area contributed by atoms with Crippen LogP contribution in [0.5, 0.6) is 5.75 Å². The molecule has 0 aliphatic heterocycles. The molecule has 4 aromatic rings. The predicted molar refractivity (Wildman–Crippen MR) is 127 cm³/mol. The summed E-state index contributed by atoms with van der Waals surface area (Å²) >= 11 is 1.28. The zero-order valence-electron chi connectivity index (χ0n) is 18.9. The molecule has 33 heavy (non-hydrogen) atoms. The van der Waals surface area contributed by atoms with Crippen molar-refractivity contribution < 1.29 is 9.53 Å². The van der Waals surface area contributed by atoms with Crippen LogP contribution >= 0.6 is 11.8 Å². The molecule has 10 heteroatoms. The lowest BCUT2D eigenvalue weighted by Crippen LogP contribution is -2.18. The van der Waals surface area contributed by atoms with E-state index >= 15 is 0 Å². The number of methoxy groups -OCH3 is 1. The Kier molecular flexibility index (Phi) is 6.74. The number of aryl methyl sites for hydroxylation is 2. The highest BCUT2D eigenvalue weighted by Gasteiger charge is 2.15. The SMILES string of the molecule is COc1ccc(Cn2nc(C)cc2NC(=O)CSc2nnnn2-c2cccc(C)c2C)cc1. The fraction of sp³-hybridized carbons (Fsp3) is 0.261. The molecule has 1 N–H and O–H groups in total. The van der Waals surface area contributed by atoms with Crippen LogP contribution in [0, 0.1) is 20.8 Å². The molecule has 1 amide bonds. The number of benzene rings is 2. The van der Waals surface area contributed by atoms with Crippen molar-refractivity contribution in [1.29, 1.82) is 0 Å². The minimum Gasteiger partial charge on any atom is -0.497 e. The Balaban J connectivity index is 1.42. The summed E-state index contributed by atoms with van der Waals surface area (Å²) < 4.78 is 8.65. The predicted octanol–water partition coefficient (Wildman–Crippen LogP) is 3.57. The zero-order chi connectivity index (χ0) is 23.4. The van der Waals surface area contributed by atoms with Crippen molar-refractivity contribution in [2.24, 2.45) is 0 Å². The molecule has 4 rings (SSSR count). The molecular formula is C23H25N7O2S. The Morgan fingerprint density at radius 2 is 1.91 bits per heavy atom. The van der Waals surface area contributed by atoms with Gasteiger partial charge in [0.2, 0.25) is 11.1 Å². The van der Waals surface area contributed by atoms with E-state index in [9.17, 15) is 4.79 Å². The Hall–Kier alpha value is -3.66. The summed E-state index contributed by atoms with van der Waals surface area (Å²) in [6, 6.07) is 15.6. The van der Waals surface area contributed by atoms with Gasteiger partial charge in [-0.25, -0.2) is 4.68 Å². The number of thioether (sulfide) groups is 1. The topological polar surface area (TPSA) is 99.8 Å². The molecule has 0 saturated carbocycles. The first-order valence-electron chi connectivity index (χ1n) is 10.4. The molecule has 9 nitrogen and oxygen atoms in total. The van der Waals surface area contributed by atoms with E-state index in [1.807, 2.05) is 69.3 Å². The summed E-state index contributed by atoms with van der Waals surface area (Å²) in [7, 11) is 1.64. The van der Waals surface area contributed by atoms with Gasteiger partial charge >= 0.3 is 0 Å². The fourth-order valence-corrected chi connectivity index (χ4v) is 4.05. The average molecular weight is 464 g/mol. The van der Waals surface area contributed by atoms with E-state index in [1.54, 1.807) is 16.5 Å². The van der Waals surface area contributed by atoms with Gasteiger partial charge in [0.15, 0.2) is 0 Å². The minimum atomic E-state index is -0.161. The number of amides is 1. The highest BCUT2D eigenvalue weighted by molar-refractivity contribution is 7.99. The highest BCUT2D eigenvalue weighted by atomic mass is 32.2. The molecule has 0 unspecified atom stereocenters. The van der Waals surface area contributed by atoms with Crippen molar-refractivity contribution in [1.82, 2.24) is 30.0 Å². The third-order valence-corrected chi connectivity index (χ3v) is 6.16. The second-order valence-corrected chi connectivity index (χ2v) is 8.55. The molecule has 0 spiro atoms. The Bertz CT molecular complexity index is 1260. The van der Waals surface area contributed by atoms with Crippen LogP contribution < -0.4 is 10.1 Å². The first-order chi connectivity index (χ1) is 15.9. The van der Waals surface area contributed by atoms with E-state index in [0.29, 0.717) is 17.5 Å². The van der Waals surface area contributed by atoms with E-state index in [4.69, 9.17) is 4.74 Å². The quantitative estimate of drug-likeness (QED) is 0.399. The minimum absolute atomic E-state index is 0.161. The lowest BCUT2D eigenvalue weighted by Gasteiger charge is -2.11. The van der Waals surface area contributed by atoms with Gasteiger partial charge in [-0.05, 0) is 66.1 Å². The highest BCUT2D eigenvalue weighted by Crippen LogP contribution is 2.23. The van der Waals surface area contributed by atoms with Crippen LogP contribution in [0.1, 0.15) is 22.4 Å². The molecule has 0 radical (unpaired) electrons. The summed E-state index contributed by atoms with van der Waals surface area (Å²) in [6.45, 7) is 6.50. The molecule has 0 aliphatic carbocycles. The second-order valence-electron chi connectivity index (χ2n) is 7.61. The number of nitrogens with zero attached hydrogens (tertiary/aromatic N) is 6. The van der Waals surface area contributed by atoms with Gasteiger partial charge in [-0.1, -0.05) is 36.0 Å². The normalized spacial score (nSPS) is 10.9. The summed E-state index contributed by atoms with van der Waals surface area (Å²) in [6.07, 6.45) is 0. The Morgan fingerprint density at radius 1 is 1.12 bits per heavy atom. The van der Waals surface area contributed by atoms with Crippen LogP contribution in [0.3, 0.4) is 0 Å². The van der Waals surface area contributed by atoms with Gasteiger partial charge in [-0.15, -0.1) is 5.10 Å². The monoisotopic (exact) mass is 463 g/mol. The standard InChI is InChI=1S/C23H25N7O2S/c1-15-6-5-7-20(17(15)3)30-23(25-27-28-30)33-14-22(31)24-21-12-16(2)26-29(21)13-18-8-10-19(32-4)11-9-18/h5-12H,13-14H2,1-4H3,(H,24,31). The molecule has 0 bridgehead atoms. The average Bonchev–Trinajstić information content (AvgIpc) is 3.41. The third kappa shape index (κ3) is 5.23. The van der Waals surface area contributed by atoms with Crippen molar-refractivity contribution in [2.45, 2.75) is 32.5 Å². The number of carbonyl (C=O) groups is 1. The number of hydrogen-bond acceptors (Lipinski definition) is 7. The Morgan fingerprint density at radius 3 is 2.67 bits per heavy atom. The maximum absolute atomic E-state index is 12.7. The first-order valence-corrected chi connectivity index (χ1v) is 11.4. The number of hydrogen-bond donors (Lipinski definition) is 1. The maximum Gasteiger partial charge on any atom is 0.235 e. The van der Waals surface area contributed by atoms with Gasteiger partial charge < -0.3 is 10.1 Å². The second kappa shape index (κ2) is 9.86. The van der Waals surface area contributed by atoms with Crippen LogP contribution in [-0.2, 0) is 11.3 Å². The lowest BCUT2D eigenvalue weighted by molar-refractivity contribution is -0.113. The number of aromatic nitrogens is 6. The Labute approximate surface area is 196 Å². The number of nitrogens with one attached hydrogen (secondary N) is 1. The van der Waals surface area contributed by atoms with E-state index in [0.717, 1.165) is 33.8 Å². The maximum atomic E-state index is 12.7. The molecule has 0 saturated heterocycles. The van der Waals surface area contributed by atoms with Gasteiger partial charge in [-0.2, -0.15) is 9.78 Å². The lowest BCUT2D eigenvalue weighted by atomic mass is 10.1. The summed E-state index contributed by atoms with van der Waals surface area (Å²) in [4.78, 5) is 12.7. The number of ether oxygens (including phenoxy) is 1. The third-order valence-electron chi connectivity index (χ3n) is 5.24. The number of carbonyl (C=O) groups excluding carboxylic acids is 1. The first kappa shape index (κ1) is 22.5. The zero-order valence-corrected chi connectivity index (χ0v) is 19.8. The van der Waals surface area contributed by atoms with Crippen LogP contribution in [0.4, 0.5) is 5.82 Å². The summed E-state index contributed by atoms with van der Waals surface area (Å²) in [5, 5.41) is 20.0. The molecule has 2 heterocycles. The van der Waals surface area contributed by atoms with Crippen LogP contribution in [0.25, 0.3) is 5.69 Å². The number of anilines is 1. The molecule has 0 atom stereocenters. The van der Waals surface area contributed by atoms with E-state index in [-0.39, 0.29) is 11.7 Å². The van der Waals surface area contributed by atoms with Gasteiger partial charge in [0.05, 0.1) is 30.8 Å². The van der Waals surface area contributed by atoms with Gasteiger partial charge in [0.1, 0.15) is 11.6 Å². The van der Waals surface area contributed by atoms with Crippen molar-refractivity contribution in [3.63, 3.8) is 0 Å². The van der Waals surface area contributed by atoms with Crippen LogP contribution in [0.2, 0.25) is 0 Å². The van der Waals surface area contributed by atoms with Crippen LogP contribution in [0.15, 0.2) is 53.7 Å².